The topological polar surface area (TPSA) is 53.4 Å². The number of nitrogens with zero attached hydrogens (tertiary/aromatic N) is 2. The SMILES string of the molecule is C[Si](C)c1cc2cc(Oc3cc(Br)ccc3C(=O)OC(C)(C)C)cnc2n1C(C)(C)C. The second kappa shape index (κ2) is 8.43. The number of aromatic nitrogens is 2. The van der Waals surface area contributed by atoms with Gasteiger partial charge in [-0.2, -0.15) is 0 Å². The Morgan fingerprint density at radius 1 is 1.06 bits per heavy atom. The maximum atomic E-state index is 12.7. The molecule has 2 heterocycles. The molecule has 0 saturated heterocycles. The molecule has 7 heteroatoms. The molecule has 0 fully saturated rings. The highest BCUT2D eigenvalue weighted by Gasteiger charge is 2.24. The number of ether oxygens (including phenoxy) is 2. The number of fused-ring (bicyclic) bond motifs is 1. The molecule has 165 valence electrons. The standard InChI is InChI=1S/C24H30BrN2O3Si/c1-23(2,3)27-20(31(7)8)12-15-11-17(14-26-21(15)27)29-19-13-16(25)9-10-18(19)22(28)30-24(4,5)6/h9-14H,1-8H3. The second-order valence-electron chi connectivity index (χ2n) is 9.86. The van der Waals surface area contributed by atoms with Crippen molar-refractivity contribution < 1.29 is 14.3 Å². The van der Waals surface area contributed by atoms with Crippen LogP contribution < -0.4 is 10.1 Å². The predicted octanol–water partition coefficient (Wildman–Crippen LogP) is 6.26. The Labute approximate surface area is 194 Å². The highest BCUT2D eigenvalue weighted by molar-refractivity contribution is 9.10. The number of hydrogen-bond donors (Lipinski definition) is 0. The maximum absolute atomic E-state index is 12.7. The Morgan fingerprint density at radius 2 is 1.74 bits per heavy atom. The summed E-state index contributed by atoms with van der Waals surface area (Å²) in [5, 5.41) is 2.36. The molecule has 0 amide bonds. The summed E-state index contributed by atoms with van der Waals surface area (Å²) < 4.78 is 14.8. The van der Waals surface area contributed by atoms with Gasteiger partial charge in [-0.25, -0.2) is 9.78 Å². The molecule has 0 bridgehead atoms. The Kier molecular flexibility index (Phi) is 6.40. The van der Waals surface area contributed by atoms with E-state index in [4.69, 9.17) is 14.5 Å². The number of hydrogen-bond acceptors (Lipinski definition) is 4. The molecule has 3 aromatic rings. The summed E-state index contributed by atoms with van der Waals surface area (Å²) in [6, 6.07) is 9.48. The van der Waals surface area contributed by atoms with E-state index in [-0.39, 0.29) is 5.54 Å². The summed E-state index contributed by atoms with van der Waals surface area (Å²) in [5.74, 6) is 0.583. The molecule has 0 aliphatic heterocycles. The van der Waals surface area contributed by atoms with E-state index >= 15 is 0 Å². The van der Waals surface area contributed by atoms with Crippen LogP contribution in [0.15, 0.2) is 41.0 Å². The fourth-order valence-corrected chi connectivity index (χ4v) is 5.06. The van der Waals surface area contributed by atoms with Crippen LogP contribution in [0.5, 0.6) is 11.5 Å². The number of rotatable bonds is 4. The summed E-state index contributed by atoms with van der Waals surface area (Å²) in [6.45, 7) is 16.7. The molecule has 5 nitrogen and oxygen atoms in total. The number of esters is 1. The van der Waals surface area contributed by atoms with Gasteiger partial charge in [-0.15, -0.1) is 0 Å². The van der Waals surface area contributed by atoms with Gasteiger partial charge in [0.15, 0.2) is 0 Å². The van der Waals surface area contributed by atoms with E-state index < -0.39 is 20.4 Å². The molecule has 0 saturated carbocycles. The lowest BCUT2D eigenvalue weighted by Gasteiger charge is -2.26. The number of carbonyl (C=O) groups is 1. The van der Waals surface area contributed by atoms with Crippen molar-refractivity contribution in [1.82, 2.24) is 9.55 Å². The van der Waals surface area contributed by atoms with Crippen molar-refractivity contribution in [2.75, 3.05) is 0 Å². The summed E-state index contributed by atoms with van der Waals surface area (Å²) in [5.41, 5.74) is 0.664. The third-order valence-corrected chi connectivity index (χ3v) is 6.47. The lowest BCUT2D eigenvalue weighted by Crippen LogP contribution is -2.38. The monoisotopic (exact) mass is 501 g/mol. The van der Waals surface area contributed by atoms with Crippen LogP contribution in [-0.4, -0.2) is 29.9 Å². The van der Waals surface area contributed by atoms with Crippen molar-refractivity contribution in [3.05, 3.63) is 46.6 Å². The van der Waals surface area contributed by atoms with Gasteiger partial charge in [-0.05, 0) is 71.9 Å². The zero-order valence-corrected chi connectivity index (χ0v) is 22.0. The van der Waals surface area contributed by atoms with Crippen LogP contribution in [0.3, 0.4) is 0 Å². The first-order valence-electron chi connectivity index (χ1n) is 10.3. The Morgan fingerprint density at radius 3 is 2.32 bits per heavy atom. The second-order valence-corrected chi connectivity index (χ2v) is 13.3. The molecule has 1 radical (unpaired) electrons. The van der Waals surface area contributed by atoms with Gasteiger partial charge in [0.1, 0.15) is 37.1 Å². The van der Waals surface area contributed by atoms with Crippen LogP contribution in [0.4, 0.5) is 0 Å². The first kappa shape index (κ1) is 23.5. The van der Waals surface area contributed by atoms with Gasteiger partial charge in [-0.1, -0.05) is 29.0 Å². The van der Waals surface area contributed by atoms with Crippen LogP contribution in [0.2, 0.25) is 13.1 Å². The van der Waals surface area contributed by atoms with Crippen molar-refractivity contribution in [1.29, 1.82) is 0 Å². The van der Waals surface area contributed by atoms with Crippen molar-refractivity contribution in [3.8, 4) is 11.5 Å². The Balaban J connectivity index is 2.03. The van der Waals surface area contributed by atoms with E-state index in [9.17, 15) is 4.79 Å². The number of benzene rings is 1. The van der Waals surface area contributed by atoms with Gasteiger partial charge in [0.2, 0.25) is 0 Å². The van der Waals surface area contributed by atoms with Crippen molar-refractivity contribution in [2.45, 2.75) is 65.8 Å². The van der Waals surface area contributed by atoms with Crippen LogP contribution in [0.1, 0.15) is 51.9 Å². The highest BCUT2D eigenvalue weighted by Crippen LogP contribution is 2.32. The molecule has 2 aromatic heterocycles. The number of carbonyl (C=O) groups excluding carboxylic acids is 1. The molecule has 31 heavy (non-hydrogen) atoms. The lowest BCUT2D eigenvalue weighted by atomic mass is 10.1. The van der Waals surface area contributed by atoms with Gasteiger partial charge in [0.25, 0.3) is 0 Å². The van der Waals surface area contributed by atoms with Crippen molar-refractivity contribution in [2.24, 2.45) is 0 Å². The molecule has 0 spiro atoms. The van der Waals surface area contributed by atoms with Crippen LogP contribution in [0, 0.1) is 0 Å². The normalized spacial score (nSPS) is 12.5. The zero-order chi connectivity index (χ0) is 23.1. The molecule has 0 aliphatic rings. The quantitative estimate of drug-likeness (QED) is 0.312. The van der Waals surface area contributed by atoms with E-state index in [1.54, 1.807) is 24.4 Å². The van der Waals surface area contributed by atoms with Crippen molar-refractivity contribution >= 4 is 47.0 Å². The molecule has 0 atom stereocenters. The van der Waals surface area contributed by atoms with E-state index in [2.05, 4.69) is 60.4 Å². The molecule has 3 rings (SSSR count). The Bertz CT molecular complexity index is 1120. The van der Waals surface area contributed by atoms with Gasteiger partial charge in [-0.3, -0.25) is 0 Å². The summed E-state index contributed by atoms with van der Waals surface area (Å²) >= 11 is 3.46. The first-order valence-corrected chi connectivity index (χ1v) is 13.6. The largest absolute Gasteiger partial charge is 0.456 e. The minimum absolute atomic E-state index is 0.0669. The van der Waals surface area contributed by atoms with Crippen LogP contribution in [0.25, 0.3) is 11.0 Å². The Hall–Kier alpha value is -2.12. The minimum atomic E-state index is -0.682. The molecular formula is C24H30BrN2O3Si. The summed E-state index contributed by atoms with van der Waals surface area (Å²) in [6.07, 6.45) is 1.71. The average Bonchev–Trinajstić information content (AvgIpc) is 2.99. The molecule has 0 unspecified atom stereocenters. The van der Waals surface area contributed by atoms with Gasteiger partial charge in [0.05, 0.1) is 6.20 Å². The molecule has 0 N–H and O–H groups in total. The third kappa shape index (κ3) is 5.38. The summed E-state index contributed by atoms with van der Waals surface area (Å²) in [4.78, 5) is 17.4. The zero-order valence-electron chi connectivity index (χ0n) is 19.5. The fourth-order valence-electron chi connectivity index (χ4n) is 3.39. The maximum Gasteiger partial charge on any atom is 0.342 e. The average molecular weight is 503 g/mol. The van der Waals surface area contributed by atoms with Crippen LogP contribution >= 0.6 is 15.9 Å². The molecular weight excluding hydrogens is 472 g/mol. The summed E-state index contributed by atoms with van der Waals surface area (Å²) in [7, 11) is -0.682. The smallest absolute Gasteiger partial charge is 0.342 e. The minimum Gasteiger partial charge on any atom is -0.456 e. The number of halogens is 1. The van der Waals surface area contributed by atoms with Gasteiger partial charge in [0, 0.05) is 20.7 Å². The molecule has 1 aromatic carbocycles. The number of pyridine rings is 1. The van der Waals surface area contributed by atoms with Gasteiger partial charge < -0.3 is 14.0 Å². The highest BCUT2D eigenvalue weighted by atomic mass is 79.9. The fraction of sp³-hybridized carbons (Fsp3) is 0.417. The third-order valence-electron chi connectivity index (χ3n) is 4.59. The van der Waals surface area contributed by atoms with E-state index in [1.807, 2.05) is 26.8 Å². The predicted molar refractivity (Wildman–Crippen MR) is 131 cm³/mol. The van der Waals surface area contributed by atoms with E-state index in [1.165, 1.54) is 5.32 Å². The van der Waals surface area contributed by atoms with Gasteiger partial charge >= 0.3 is 5.97 Å². The first-order chi connectivity index (χ1) is 14.3. The van der Waals surface area contributed by atoms with E-state index in [0.717, 1.165) is 15.5 Å². The van der Waals surface area contributed by atoms with Crippen LogP contribution in [-0.2, 0) is 10.3 Å². The molecule has 0 aliphatic carbocycles. The lowest BCUT2D eigenvalue weighted by molar-refractivity contribution is 0.00671. The van der Waals surface area contributed by atoms with E-state index in [0.29, 0.717) is 17.1 Å². The van der Waals surface area contributed by atoms with Crippen molar-refractivity contribution in [3.63, 3.8) is 0 Å².